The van der Waals surface area contributed by atoms with E-state index in [1.54, 1.807) is 0 Å². The normalized spacial score (nSPS) is 11.8. The third kappa shape index (κ3) is 22.3. The van der Waals surface area contributed by atoms with Crippen LogP contribution in [0.2, 0.25) is 0 Å². The van der Waals surface area contributed by atoms with Crippen molar-refractivity contribution in [2.75, 3.05) is 26.2 Å². The summed E-state index contributed by atoms with van der Waals surface area (Å²) < 4.78 is 0.608. The van der Waals surface area contributed by atoms with Gasteiger partial charge in [-0.1, -0.05) is 57.6 Å². The highest BCUT2D eigenvalue weighted by Crippen LogP contribution is 2.18. The van der Waals surface area contributed by atoms with Crippen molar-refractivity contribution in [2.24, 2.45) is 0 Å². The SMILES string of the molecule is CCCCCC/C=C/CCCCCCCC[N+](CCCC(=O)[O-])(CCCC(=O)O)CCCC(=O)O. The molecule has 0 aliphatic heterocycles. The van der Waals surface area contributed by atoms with Crippen LogP contribution in [0.3, 0.4) is 0 Å². The summed E-state index contributed by atoms with van der Waals surface area (Å²) in [7, 11) is 0. The second kappa shape index (κ2) is 22.6. The van der Waals surface area contributed by atoms with E-state index in [4.69, 9.17) is 10.2 Å². The molecule has 0 spiro atoms. The smallest absolute Gasteiger partial charge is 0.303 e. The molecule has 0 amide bonds. The molecule has 2 N–H and O–H groups in total. The standard InChI is InChI=1S/C28H51NO6/c1-2-3-4-5-6-7-8-9-10-11-12-13-14-15-22-29(23-16-19-26(30)31,24-17-20-27(32)33)25-18-21-28(34)35/h7-8H,2-6,9-25H2,1H3,(H2-,30,31,32,33,34,35)/b8-7+. The monoisotopic (exact) mass is 497 g/mol. The number of nitrogens with zero attached hydrogens (tertiary/aromatic N) is 1. The van der Waals surface area contributed by atoms with Gasteiger partial charge in [-0.2, -0.15) is 0 Å². The van der Waals surface area contributed by atoms with Gasteiger partial charge in [-0.25, -0.2) is 0 Å². The van der Waals surface area contributed by atoms with Crippen molar-refractivity contribution in [3.8, 4) is 0 Å². The predicted octanol–water partition coefficient (Wildman–Crippen LogP) is 5.32. The third-order valence-corrected chi connectivity index (χ3v) is 6.70. The molecule has 204 valence electrons. The second-order valence-electron chi connectivity index (χ2n) is 9.94. The number of hydrogen-bond donors (Lipinski definition) is 2. The lowest BCUT2D eigenvalue weighted by Gasteiger charge is -2.39. The summed E-state index contributed by atoms with van der Waals surface area (Å²) in [5.41, 5.74) is 0. The van der Waals surface area contributed by atoms with Crippen molar-refractivity contribution >= 4 is 17.9 Å². The summed E-state index contributed by atoms with van der Waals surface area (Å²) in [6.45, 7) is 4.98. The van der Waals surface area contributed by atoms with Gasteiger partial charge < -0.3 is 24.6 Å². The van der Waals surface area contributed by atoms with E-state index in [0.29, 0.717) is 43.4 Å². The lowest BCUT2D eigenvalue weighted by atomic mass is 10.1. The van der Waals surface area contributed by atoms with Crippen LogP contribution in [0.25, 0.3) is 0 Å². The average molecular weight is 498 g/mol. The molecule has 0 saturated carbocycles. The van der Waals surface area contributed by atoms with E-state index in [-0.39, 0.29) is 19.3 Å². The van der Waals surface area contributed by atoms with Crippen molar-refractivity contribution in [3.63, 3.8) is 0 Å². The number of rotatable bonds is 26. The Bertz CT molecular complexity index is 540. The number of aliphatic carboxylic acids is 3. The molecule has 0 rings (SSSR count). The van der Waals surface area contributed by atoms with E-state index in [2.05, 4.69) is 19.1 Å². The summed E-state index contributed by atoms with van der Waals surface area (Å²) in [5, 5.41) is 29.0. The fraction of sp³-hybridized carbons (Fsp3) is 0.821. The maximum atomic E-state index is 11.0. The Labute approximate surface area is 213 Å². The Morgan fingerprint density at radius 3 is 1.46 bits per heavy atom. The highest BCUT2D eigenvalue weighted by Gasteiger charge is 2.26. The number of carbonyl (C=O) groups is 3. The van der Waals surface area contributed by atoms with Gasteiger partial charge in [-0.3, -0.25) is 9.59 Å². The summed E-state index contributed by atoms with van der Waals surface area (Å²) in [6, 6.07) is 0. The molecule has 0 unspecified atom stereocenters. The molecule has 7 nitrogen and oxygen atoms in total. The number of carboxylic acids is 3. The van der Waals surface area contributed by atoms with Gasteiger partial charge in [0.25, 0.3) is 0 Å². The first kappa shape index (κ1) is 33.1. The van der Waals surface area contributed by atoms with Crippen LogP contribution in [0, 0.1) is 0 Å². The van der Waals surface area contributed by atoms with Gasteiger partial charge in [0.15, 0.2) is 0 Å². The Hall–Kier alpha value is -1.89. The quantitative estimate of drug-likeness (QED) is 0.0949. The first-order valence-corrected chi connectivity index (χ1v) is 13.9. The van der Waals surface area contributed by atoms with Crippen LogP contribution in [0.1, 0.15) is 122 Å². The minimum absolute atomic E-state index is 0.0228. The fourth-order valence-corrected chi connectivity index (χ4v) is 4.70. The molecule has 0 aromatic rings. The molecule has 0 atom stereocenters. The summed E-state index contributed by atoms with van der Waals surface area (Å²) >= 11 is 0. The van der Waals surface area contributed by atoms with Crippen molar-refractivity contribution in [3.05, 3.63) is 12.2 Å². The number of hydrogen-bond acceptors (Lipinski definition) is 4. The van der Waals surface area contributed by atoms with E-state index >= 15 is 0 Å². The predicted molar refractivity (Wildman–Crippen MR) is 138 cm³/mol. The van der Waals surface area contributed by atoms with Gasteiger partial charge in [0.1, 0.15) is 0 Å². The van der Waals surface area contributed by atoms with Crippen LogP contribution in [0.4, 0.5) is 0 Å². The molecule has 7 heteroatoms. The van der Waals surface area contributed by atoms with Gasteiger partial charge in [0.2, 0.25) is 0 Å². The van der Waals surface area contributed by atoms with Crippen LogP contribution >= 0.6 is 0 Å². The molecule has 0 aromatic heterocycles. The molecule has 0 saturated heterocycles. The number of unbranched alkanes of at least 4 members (excludes halogenated alkanes) is 10. The van der Waals surface area contributed by atoms with Crippen LogP contribution in [-0.2, 0) is 14.4 Å². The fourth-order valence-electron chi connectivity index (χ4n) is 4.70. The molecule has 0 aliphatic carbocycles. The van der Waals surface area contributed by atoms with Crippen LogP contribution in [-0.4, -0.2) is 58.8 Å². The zero-order valence-corrected chi connectivity index (χ0v) is 22.2. The van der Waals surface area contributed by atoms with Crippen molar-refractivity contribution in [2.45, 2.75) is 122 Å². The molecule has 0 fully saturated rings. The van der Waals surface area contributed by atoms with E-state index in [1.165, 1.54) is 51.4 Å². The van der Waals surface area contributed by atoms with Gasteiger partial charge in [-0.15, -0.1) is 0 Å². The first-order valence-electron chi connectivity index (χ1n) is 13.9. The Morgan fingerprint density at radius 2 is 1.00 bits per heavy atom. The van der Waals surface area contributed by atoms with Crippen molar-refractivity contribution in [1.82, 2.24) is 0 Å². The third-order valence-electron chi connectivity index (χ3n) is 6.70. The van der Waals surface area contributed by atoms with Crippen LogP contribution in [0.15, 0.2) is 12.2 Å². The molecule has 0 aliphatic rings. The largest absolute Gasteiger partial charge is 0.550 e. The molecular weight excluding hydrogens is 446 g/mol. The zero-order valence-electron chi connectivity index (χ0n) is 22.2. The molecule has 0 heterocycles. The summed E-state index contributed by atoms with van der Waals surface area (Å²) in [6.07, 6.45) is 20.7. The molecule has 0 radical (unpaired) electrons. The first-order chi connectivity index (χ1) is 16.8. The van der Waals surface area contributed by atoms with E-state index in [9.17, 15) is 19.5 Å². The average Bonchev–Trinajstić information content (AvgIpc) is 2.78. The minimum Gasteiger partial charge on any atom is -0.550 e. The number of allylic oxidation sites excluding steroid dienone is 2. The van der Waals surface area contributed by atoms with Gasteiger partial charge >= 0.3 is 11.9 Å². The van der Waals surface area contributed by atoms with Crippen molar-refractivity contribution < 1.29 is 34.2 Å². The Kier molecular flexibility index (Phi) is 21.3. The highest BCUT2D eigenvalue weighted by molar-refractivity contribution is 5.66. The minimum atomic E-state index is -1.08. The maximum absolute atomic E-state index is 11.0. The van der Waals surface area contributed by atoms with Gasteiger partial charge in [0, 0.05) is 25.2 Å². The Morgan fingerprint density at radius 1 is 0.600 bits per heavy atom. The van der Waals surface area contributed by atoms with Gasteiger partial charge in [-0.05, 0) is 44.9 Å². The van der Waals surface area contributed by atoms with Gasteiger partial charge in [0.05, 0.1) is 39.0 Å². The molecule has 35 heavy (non-hydrogen) atoms. The second-order valence-corrected chi connectivity index (χ2v) is 9.94. The zero-order chi connectivity index (χ0) is 26.2. The lowest BCUT2D eigenvalue weighted by molar-refractivity contribution is -0.929. The topological polar surface area (TPSA) is 115 Å². The maximum Gasteiger partial charge on any atom is 0.303 e. The van der Waals surface area contributed by atoms with E-state index < -0.39 is 17.9 Å². The molecule has 0 bridgehead atoms. The summed E-state index contributed by atoms with van der Waals surface area (Å²) in [4.78, 5) is 32.9. The summed E-state index contributed by atoms with van der Waals surface area (Å²) in [5.74, 6) is -2.75. The van der Waals surface area contributed by atoms with E-state index in [0.717, 1.165) is 32.2 Å². The Balaban J connectivity index is 4.42. The van der Waals surface area contributed by atoms with Crippen molar-refractivity contribution in [1.29, 1.82) is 0 Å². The van der Waals surface area contributed by atoms with Crippen LogP contribution in [0.5, 0.6) is 0 Å². The highest BCUT2D eigenvalue weighted by atomic mass is 16.4. The lowest BCUT2D eigenvalue weighted by Crippen LogP contribution is -2.51. The number of carbonyl (C=O) groups excluding carboxylic acids is 1. The molecule has 0 aromatic carbocycles. The molecular formula is C28H51NO6. The van der Waals surface area contributed by atoms with E-state index in [1.807, 2.05) is 0 Å². The number of quaternary nitrogens is 1. The number of carboxylic acid groups (broad SMARTS) is 3. The van der Waals surface area contributed by atoms with Crippen LogP contribution < -0.4 is 5.11 Å².